The molecule has 1 saturated heterocycles. The van der Waals surface area contributed by atoms with Crippen molar-refractivity contribution in [3.63, 3.8) is 0 Å². The number of nitrogens with two attached hydrogens (primary N) is 1. The SMILES string of the molecule is CC1(NC2CCCCC2CN)CCS(=O)(=O)C1. The Morgan fingerprint density at radius 3 is 2.65 bits per heavy atom. The summed E-state index contributed by atoms with van der Waals surface area (Å²) in [5.74, 6) is 1.13. The van der Waals surface area contributed by atoms with Crippen molar-refractivity contribution in [3.05, 3.63) is 0 Å². The molecule has 2 aliphatic rings. The highest BCUT2D eigenvalue weighted by molar-refractivity contribution is 7.91. The molecule has 0 aromatic carbocycles. The zero-order chi connectivity index (χ0) is 12.5. The van der Waals surface area contributed by atoms with E-state index in [9.17, 15) is 8.42 Å². The molecule has 1 aliphatic carbocycles. The van der Waals surface area contributed by atoms with Crippen LogP contribution in [-0.2, 0) is 9.84 Å². The molecule has 4 nitrogen and oxygen atoms in total. The lowest BCUT2D eigenvalue weighted by atomic mass is 9.83. The summed E-state index contributed by atoms with van der Waals surface area (Å²) in [7, 11) is -2.82. The standard InChI is InChI=1S/C12H24N2O2S/c1-12(6-7-17(15,16)9-12)14-11-5-3-2-4-10(11)8-13/h10-11,14H,2-9,13H2,1H3. The first-order valence-corrected chi connectivity index (χ1v) is 8.44. The van der Waals surface area contributed by atoms with E-state index in [1.165, 1.54) is 19.3 Å². The Balaban J connectivity index is 2.00. The Kier molecular flexibility index (Phi) is 3.80. The minimum absolute atomic E-state index is 0.228. The highest BCUT2D eigenvalue weighted by atomic mass is 32.2. The van der Waals surface area contributed by atoms with E-state index in [-0.39, 0.29) is 11.3 Å². The second-order valence-electron chi connectivity index (χ2n) is 5.93. The molecule has 3 unspecified atom stereocenters. The highest BCUT2D eigenvalue weighted by Gasteiger charge is 2.40. The summed E-state index contributed by atoms with van der Waals surface area (Å²) < 4.78 is 23.1. The number of rotatable bonds is 3. The summed E-state index contributed by atoms with van der Waals surface area (Å²) in [5.41, 5.74) is 5.58. The zero-order valence-corrected chi connectivity index (χ0v) is 11.4. The molecule has 5 heteroatoms. The van der Waals surface area contributed by atoms with Crippen LogP contribution in [0, 0.1) is 5.92 Å². The summed E-state index contributed by atoms with van der Waals surface area (Å²) in [6.07, 6.45) is 5.55. The highest BCUT2D eigenvalue weighted by Crippen LogP contribution is 2.29. The Morgan fingerprint density at radius 1 is 1.35 bits per heavy atom. The van der Waals surface area contributed by atoms with E-state index in [4.69, 9.17) is 5.73 Å². The van der Waals surface area contributed by atoms with Crippen molar-refractivity contribution in [2.45, 2.75) is 50.6 Å². The van der Waals surface area contributed by atoms with Crippen molar-refractivity contribution in [1.29, 1.82) is 0 Å². The molecule has 0 amide bonds. The van der Waals surface area contributed by atoms with Crippen molar-refractivity contribution in [2.24, 2.45) is 11.7 Å². The van der Waals surface area contributed by atoms with Gasteiger partial charge in [-0.1, -0.05) is 12.8 Å². The van der Waals surface area contributed by atoms with Gasteiger partial charge in [-0.3, -0.25) is 0 Å². The van der Waals surface area contributed by atoms with Crippen molar-refractivity contribution >= 4 is 9.84 Å². The van der Waals surface area contributed by atoms with Crippen LogP contribution in [0.25, 0.3) is 0 Å². The predicted molar refractivity (Wildman–Crippen MR) is 69.6 cm³/mol. The van der Waals surface area contributed by atoms with Gasteiger partial charge in [0.15, 0.2) is 9.84 Å². The third kappa shape index (κ3) is 3.20. The van der Waals surface area contributed by atoms with Crippen molar-refractivity contribution in [1.82, 2.24) is 5.32 Å². The molecule has 3 atom stereocenters. The fourth-order valence-electron chi connectivity index (χ4n) is 3.25. The molecular weight excluding hydrogens is 236 g/mol. The van der Waals surface area contributed by atoms with Crippen LogP contribution in [0.15, 0.2) is 0 Å². The molecule has 0 aromatic heterocycles. The average Bonchev–Trinajstić information content (AvgIpc) is 2.53. The Bertz CT molecular complexity index is 369. The van der Waals surface area contributed by atoms with Crippen LogP contribution in [0.4, 0.5) is 0 Å². The van der Waals surface area contributed by atoms with Gasteiger partial charge in [0.25, 0.3) is 0 Å². The summed E-state index contributed by atoms with van der Waals surface area (Å²) in [4.78, 5) is 0. The molecule has 0 spiro atoms. The number of sulfone groups is 1. The predicted octanol–water partition coefficient (Wildman–Crippen LogP) is 0.671. The van der Waals surface area contributed by atoms with Crippen LogP contribution in [0.5, 0.6) is 0 Å². The van der Waals surface area contributed by atoms with E-state index in [1.54, 1.807) is 0 Å². The van der Waals surface area contributed by atoms with Gasteiger partial charge in [-0.05, 0) is 38.6 Å². The van der Waals surface area contributed by atoms with Crippen LogP contribution in [-0.4, -0.2) is 38.0 Å². The van der Waals surface area contributed by atoms with E-state index in [0.717, 1.165) is 12.8 Å². The summed E-state index contributed by atoms with van der Waals surface area (Å²) >= 11 is 0. The molecule has 1 saturated carbocycles. The summed E-state index contributed by atoms with van der Waals surface area (Å²) in [6, 6.07) is 0.409. The molecular formula is C12H24N2O2S. The van der Waals surface area contributed by atoms with Crippen molar-refractivity contribution in [2.75, 3.05) is 18.1 Å². The van der Waals surface area contributed by atoms with Gasteiger partial charge in [0, 0.05) is 11.6 Å². The van der Waals surface area contributed by atoms with Crippen LogP contribution in [0.2, 0.25) is 0 Å². The second kappa shape index (κ2) is 4.86. The van der Waals surface area contributed by atoms with E-state index in [0.29, 0.717) is 24.3 Å². The van der Waals surface area contributed by atoms with Gasteiger partial charge in [-0.15, -0.1) is 0 Å². The maximum absolute atomic E-state index is 11.6. The fourth-order valence-corrected chi connectivity index (χ4v) is 5.36. The van der Waals surface area contributed by atoms with E-state index < -0.39 is 9.84 Å². The first-order chi connectivity index (χ1) is 7.94. The number of hydrogen-bond donors (Lipinski definition) is 2. The van der Waals surface area contributed by atoms with Crippen molar-refractivity contribution < 1.29 is 8.42 Å². The van der Waals surface area contributed by atoms with Gasteiger partial charge >= 0.3 is 0 Å². The monoisotopic (exact) mass is 260 g/mol. The van der Waals surface area contributed by atoms with Gasteiger partial charge in [0.1, 0.15) is 0 Å². The van der Waals surface area contributed by atoms with Gasteiger partial charge in [-0.2, -0.15) is 0 Å². The summed E-state index contributed by atoms with van der Waals surface area (Å²) in [5, 5.41) is 3.59. The number of hydrogen-bond acceptors (Lipinski definition) is 4. The van der Waals surface area contributed by atoms with Crippen LogP contribution < -0.4 is 11.1 Å². The Morgan fingerprint density at radius 2 is 2.06 bits per heavy atom. The van der Waals surface area contributed by atoms with Gasteiger partial charge in [0.05, 0.1) is 11.5 Å². The molecule has 1 heterocycles. The normalized spacial score (nSPS) is 41.5. The molecule has 3 N–H and O–H groups in total. The first-order valence-electron chi connectivity index (χ1n) is 6.62. The first kappa shape index (κ1) is 13.3. The Labute approximate surface area is 104 Å². The Hall–Kier alpha value is -0.130. The van der Waals surface area contributed by atoms with Crippen LogP contribution in [0.1, 0.15) is 39.0 Å². The average molecular weight is 260 g/mol. The fraction of sp³-hybridized carbons (Fsp3) is 1.00. The van der Waals surface area contributed by atoms with Crippen molar-refractivity contribution in [3.8, 4) is 0 Å². The molecule has 1 aliphatic heterocycles. The molecule has 2 rings (SSSR count). The molecule has 0 aromatic rings. The largest absolute Gasteiger partial charge is 0.330 e. The van der Waals surface area contributed by atoms with Gasteiger partial charge in [0.2, 0.25) is 0 Å². The van der Waals surface area contributed by atoms with Gasteiger partial charge < -0.3 is 11.1 Å². The van der Waals surface area contributed by atoms with Crippen LogP contribution >= 0.6 is 0 Å². The summed E-state index contributed by atoms with van der Waals surface area (Å²) in [6.45, 7) is 2.75. The van der Waals surface area contributed by atoms with E-state index >= 15 is 0 Å². The minimum atomic E-state index is -2.82. The van der Waals surface area contributed by atoms with E-state index in [2.05, 4.69) is 5.32 Å². The topological polar surface area (TPSA) is 72.2 Å². The second-order valence-corrected chi connectivity index (χ2v) is 8.12. The molecule has 17 heavy (non-hydrogen) atoms. The third-order valence-electron chi connectivity index (χ3n) is 4.25. The van der Waals surface area contributed by atoms with Gasteiger partial charge in [-0.25, -0.2) is 8.42 Å². The molecule has 2 fully saturated rings. The lowest BCUT2D eigenvalue weighted by Gasteiger charge is -2.37. The smallest absolute Gasteiger partial charge is 0.152 e. The third-order valence-corrected chi connectivity index (χ3v) is 6.15. The lowest BCUT2D eigenvalue weighted by molar-refractivity contribution is 0.216. The maximum atomic E-state index is 11.6. The number of nitrogens with one attached hydrogen (secondary N) is 1. The maximum Gasteiger partial charge on any atom is 0.152 e. The zero-order valence-electron chi connectivity index (χ0n) is 10.6. The quantitative estimate of drug-likeness (QED) is 0.782. The van der Waals surface area contributed by atoms with Crippen LogP contribution in [0.3, 0.4) is 0 Å². The lowest BCUT2D eigenvalue weighted by Crippen LogP contribution is -2.53. The minimum Gasteiger partial charge on any atom is -0.330 e. The van der Waals surface area contributed by atoms with E-state index in [1.807, 2.05) is 6.92 Å². The molecule has 0 bridgehead atoms. The molecule has 0 radical (unpaired) electrons. The molecule has 100 valence electrons.